The third kappa shape index (κ3) is 6.79. The van der Waals surface area contributed by atoms with Crippen LogP contribution in [0.3, 0.4) is 0 Å². The van der Waals surface area contributed by atoms with Crippen LogP contribution in [0.2, 0.25) is 0 Å². The molecule has 13 heteroatoms. The molecule has 0 saturated heterocycles. The lowest BCUT2D eigenvalue weighted by Gasteiger charge is -2.30. The average Bonchev–Trinajstić information content (AvgIpc) is 3.36. The highest BCUT2D eigenvalue weighted by atomic mass is 19.2. The number of aryl methyl sites for hydroxylation is 2. The van der Waals surface area contributed by atoms with Crippen molar-refractivity contribution in [3.8, 4) is 0 Å². The topological polar surface area (TPSA) is 113 Å². The van der Waals surface area contributed by atoms with Crippen molar-refractivity contribution in [3.05, 3.63) is 51.3 Å². The number of fused-ring (bicyclic) bond motifs is 2. The van der Waals surface area contributed by atoms with Crippen molar-refractivity contribution in [2.75, 3.05) is 52.7 Å². The van der Waals surface area contributed by atoms with Crippen LogP contribution in [0.4, 0.5) is 8.63 Å². The van der Waals surface area contributed by atoms with Gasteiger partial charge in [-0.2, -0.15) is 0 Å². The van der Waals surface area contributed by atoms with Gasteiger partial charge in [-0.25, -0.2) is 0 Å². The Bertz CT molecular complexity index is 1060. The van der Waals surface area contributed by atoms with Gasteiger partial charge < -0.3 is 37.1 Å². The Balaban J connectivity index is 1.32. The van der Waals surface area contributed by atoms with Crippen molar-refractivity contribution in [1.82, 2.24) is 9.79 Å². The Morgan fingerprint density at radius 2 is 1.83 bits per heavy atom. The molecule has 1 N–H and O–H groups in total. The molecule has 0 saturated carbocycles. The lowest BCUT2D eigenvalue weighted by Crippen LogP contribution is -2.50. The van der Waals surface area contributed by atoms with Crippen LogP contribution in [0.1, 0.15) is 29.8 Å². The van der Waals surface area contributed by atoms with Crippen LogP contribution in [-0.4, -0.2) is 80.3 Å². The summed E-state index contributed by atoms with van der Waals surface area (Å²) in [4.78, 5) is 14.8. The average molecular weight is 492 g/mol. The molecular formula is C22H31BF2N6O4. The van der Waals surface area contributed by atoms with E-state index in [1.165, 1.54) is 0 Å². The molecule has 3 rings (SSSR count). The lowest BCUT2D eigenvalue weighted by molar-refractivity contribution is -0.362. The minimum absolute atomic E-state index is 0.106. The smallest absolute Gasteiger partial charge is 0.394 e. The number of aromatic nitrogens is 1. The van der Waals surface area contributed by atoms with Crippen molar-refractivity contribution in [2.24, 2.45) is 5.11 Å². The summed E-state index contributed by atoms with van der Waals surface area (Å²) in [6, 6.07) is 1.76. The van der Waals surface area contributed by atoms with Gasteiger partial charge in [0.2, 0.25) is 5.91 Å². The summed E-state index contributed by atoms with van der Waals surface area (Å²) in [7, 11) is 0. The Hall–Kier alpha value is -2.99. The number of ether oxygens (including phenoxy) is 3. The summed E-state index contributed by atoms with van der Waals surface area (Å²) in [6.45, 7) is 2.36. The van der Waals surface area contributed by atoms with Gasteiger partial charge in [0.15, 0.2) is 5.70 Å². The molecule has 35 heavy (non-hydrogen) atoms. The molecule has 0 aliphatic carbocycles. The molecule has 0 atom stereocenters. The molecule has 10 nitrogen and oxygen atoms in total. The first-order chi connectivity index (χ1) is 16.9. The third-order valence-corrected chi connectivity index (χ3v) is 5.73. The van der Waals surface area contributed by atoms with Crippen LogP contribution in [-0.2, 0) is 19.0 Å². The number of halogens is 2. The van der Waals surface area contributed by atoms with Gasteiger partial charge in [0, 0.05) is 54.8 Å². The van der Waals surface area contributed by atoms with E-state index in [0.717, 1.165) is 14.5 Å². The van der Waals surface area contributed by atoms with Gasteiger partial charge in [-0.3, -0.25) is 4.79 Å². The minimum Gasteiger partial charge on any atom is -0.394 e. The van der Waals surface area contributed by atoms with Crippen LogP contribution >= 0.6 is 0 Å². The molecule has 1 aromatic rings. The number of allylic oxidation sites excluding steroid dienone is 2. The minimum atomic E-state index is -4.01. The van der Waals surface area contributed by atoms with Crippen molar-refractivity contribution in [3.63, 3.8) is 0 Å². The number of hydrogen-bond donors (Lipinski definition) is 1. The molecule has 0 bridgehead atoms. The number of carbonyl (C=O) groups is 1. The maximum Gasteiger partial charge on any atom is 0.737 e. The summed E-state index contributed by atoms with van der Waals surface area (Å²) in [5.41, 5.74) is 10.9. The first-order valence-corrected chi connectivity index (χ1v) is 11.6. The second kappa shape index (κ2) is 12.6. The van der Waals surface area contributed by atoms with Gasteiger partial charge in [0.1, 0.15) is 5.71 Å². The summed E-state index contributed by atoms with van der Waals surface area (Å²) in [5.74, 6) is -0.220. The van der Waals surface area contributed by atoms with Crippen molar-refractivity contribution >= 4 is 24.7 Å². The molecule has 0 radical (unpaired) electrons. The molecule has 2 aliphatic heterocycles. The molecule has 1 amide bonds. The summed E-state index contributed by atoms with van der Waals surface area (Å²) < 4.78 is 48.9. The van der Waals surface area contributed by atoms with Crippen molar-refractivity contribution in [1.29, 1.82) is 0 Å². The van der Waals surface area contributed by atoms with Gasteiger partial charge >= 0.3 is 6.97 Å². The molecule has 3 heterocycles. The Kier molecular flexibility index (Phi) is 9.61. The molecule has 1 aromatic heterocycles. The SMILES string of the molecule is Cc1cc(C)n2c1C=C1C=CC(CCC(=O)NCCOCCOCCOCCN=[N+]=[N-])=[N+]1[B-]2(F)F. The number of nitrogens with zero attached hydrogens (tertiary/aromatic N) is 5. The number of hydrogen-bond acceptors (Lipinski definition) is 5. The van der Waals surface area contributed by atoms with Gasteiger partial charge in [0.05, 0.1) is 39.6 Å². The molecule has 0 fully saturated rings. The first kappa shape index (κ1) is 26.6. The van der Waals surface area contributed by atoms with E-state index in [2.05, 4.69) is 15.3 Å². The maximum absolute atomic E-state index is 15.4. The molecule has 0 spiro atoms. The van der Waals surface area contributed by atoms with E-state index in [0.29, 0.717) is 75.5 Å². The zero-order valence-electron chi connectivity index (χ0n) is 20.1. The fourth-order valence-corrected chi connectivity index (χ4v) is 4.18. The Morgan fingerprint density at radius 3 is 2.54 bits per heavy atom. The van der Waals surface area contributed by atoms with E-state index in [4.69, 9.17) is 19.7 Å². The summed E-state index contributed by atoms with van der Waals surface area (Å²) >= 11 is 0. The second-order valence-electron chi connectivity index (χ2n) is 8.22. The highest BCUT2D eigenvalue weighted by molar-refractivity contribution is 6.58. The quantitative estimate of drug-likeness (QED) is 0.133. The largest absolute Gasteiger partial charge is 0.737 e. The van der Waals surface area contributed by atoms with E-state index in [-0.39, 0.29) is 18.7 Å². The summed E-state index contributed by atoms with van der Waals surface area (Å²) in [5, 5.41) is 6.10. The van der Waals surface area contributed by atoms with Gasteiger partial charge in [-0.1, -0.05) is 5.11 Å². The van der Waals surface area contributed by atoms with E-state index in [9.17, 15) is 4.79 Å². The highest BCUT2D eigenvalue weighted by Crippen LogP contribution is 2.34. The predicted molar refractivity (Wildman–Crippen MR) is 128 cm³/mol. The van der Waals surface area contributed by atoms with E-state index >= 15 is 8.63 Å². The zero-order valence-corrected chi connectivity index (χ0v) is 20.1. The Labute approximate surface area is 202 Å². The number of amides is 1. The van der Waals surface area contributed by atoms with Crippen molar-refractivity contribution in [2.45, 2.75) is 26.7 Å². The number of carbonyl (C=O) groups excluding carboxylic acids is 1. The van der Waals surface area contributed by atoms with Gasteiger partial charge in [-0.15, -0.1) is 0 Å². The second-order valence-corrected chi connectivity index (χ2v) is 8.22. The van der Waals surface area contributed by atoms with Crippen LogP contribution < -0.4 is 5.32 Å². The number of azide groups is 1. The number of nitrogens with one attached hydrogen (secondary N) is 1. The maximum atomic E-state index is 15.4. The standard InChI is InChI=1S/C22H31BF2N6O4/c1-17-15-18(2)30-21(17)16-20-4-3-19(31(20)23(30,24)25)5-6-22(32)27-7-9-33-11-13-35-14-12-34-10-8-28-29-26/h3-4,15-16H,5-14H2,1-2H3,(H,27,32). The van der Waals surface area contributed by atoms with E-state index < -0.39 is 6.97 Å². The van der Waals surface area contributed by atoms with Gasteiger partial charge in [-0.05, 0) is 36.7 Å². The van der Waals surface area contributed by atoms with Gasteiger partial charge in [0.25, 0.3) is 0 Å². The van der Waals surface area contributed by atoms with Crippen LogP contribution in [0.15, 0.2) is 29.0 Å². The Morgan fingerprint density at radius 1 is 1.14 bits per heavy atom. The molecule has 0 unspecified atom stereocenters. The monoisotopic (exact) mass is 492 g/mol. The molecular weight excluding hydrogens is 461 g/mol. The fourth-order valence-electron chi connectivity index (χ4n) is 4.18. The normalized spacial score (nSPS) is 15.5. The van der Waals surface area contributed by atoms with E-state index in [1.54, 1.807) is 31.2 Å². The zero-order chi connectivity index (χ0) is 25.3. The molecule has 0 aromatic carbocycles. The lowest BCUT2D eigenvalue weighted by atomic mass is 9.90. The first-order valence-electron chi connectivity index (χ1n) is 11.6. The van der Waals surface area contributed by atoms with Crippen LogP contribution in [0, 0.1) is 13.8 Å². The third-order valence-electron chi connectivity index (χ3n) is 5.73. The molecule has 2 aliphatic rings. The molecule has 190 valence electrons. The van der Waals surface area contributed by atoms with Crippen LogP contribution in [0.25, 0.3) is 16.5 Å². The van der Waals surface area contributed by atoms with Crippen LogP contribution in [0.5, 0.6) is 0 Å². The highest BCUT2D eigenvalue weighted by Gasteiger charge is 2.52. The predicted octanol–water partition coefficient (Wildman–Crippen LogP) is 2.96. The fraction of sp³-hybridized carbons (Fsp3) is 0.545. The summed E-state index contributed by atoms with van der Waals surface area (Å²) in [6.07, 6.45) is 5.44. The number of rotatable bonds is 15. The van der Waals surface area contributed by atoms with E-state index in [1.807, 2.05) is 6.92 Å². The van der Waals surface area contributed by atoms with Crippen molar-refractivity contribution < 1.29 is 32.1 Å².